The van der Waals surface area contributed by atoms with Crippen molar-refractivity contribution in [3.05, 3.63) is 85.1 Å². The Hall–Kier alpha value is -2.85. The molecule has 0 heterocycles. The summed E-state index contributed by atoms with van der Waals surface area (Å²) in [6.45, 7) is 3.79. The zero-order chi connectivity index (χ0) is 43.7. The molecule has 0 bridgehead atoms. The fraction of sp³-hybridized carbons (Fsp3) is 0.667. The number of aliphatic hydroxyl groups is 1. The summed E-state index contributed by atoms with van der Waals surface area (Å²) in [6, 6.07) is 0. The predicted octanol–water partition coefficient (Wildman–Crippen LogP) is 11.1. The van der Waals surface area contributed by atoms with Gasteiger partial charge in [0.05, 0.1) is 33.9 Å². The SMILES string of the molecule is CCCCC/C=C\C/C=C\C/C=C\CCCCCCC(=O)O[C@H](COC(=O)CCC/C=C\C/C=C\C/C=C\C/C=C\CC[C@@H](O)CC)COP(=O)([O-])OCC[N+](C)(C)C. The van der Waals surface area contributed by atoms with Crippen molar-refractivity contribution in [2.24, 2.45) is 0 Å². The van der Waals surface area contributed by atoms with Gasteiger partial charge in [0.2, 0.25) is 0 Å². The largest absolute Gasteiger partial charge is 0.756 e. The molecule has 0 aromatic carbocycles. The molecule has 0 rings (SSSR count). The lowest BCUT2D eigenvalue weighted by molar-refractivity contribution is -0.870. The minimum Gasteiger partial charge on any atom is -0.756 e. The Morgan fingerprint density at radius 1 is 0.610 bits per heavy atom. The molecule has 0 aliphatic heterocycles. The van der Waals surface area contributed by atoms with Crippen LogP contribution in [0.5, 0.6) is 0 Å². The summed E-state index contributed by atoms with van der Waals surface area (Å²) in [5.41, 5.74) is 0. The van der Waals surface area contributed by atoms with Gasteiger partial charge < -0.3 is 33.0 Å². The van der Waals surface area contributed by atoms with Crippen molar-refractivity contribution in [3.63, 3.8) is 0 Å². The zero-order valence-electron chi connectivity index (χ0n) is 37.5. The van der Waals surface area contributed by atoms with Crippen LogP contribution in [0, 0.1) is 0 Å². The number of ether oxygens (including phenoxy) is 2. The van der Waals surface area contributed by atoms with Gasteiger partial charge in [0, 0.05) is 12.8 Å². The topological polar surface area (TPSA) is 131 Å². The van der Waals surface area contributed by atoms with Gasteiger partial charge in [0.25, 0.3) is 7.82 Å². The van der Waals surface area contributed by atoms with E-state index in [4.69, 9.17) is 18.5 Å². The summed E-state index contributed by atoms with van der Waals surface area (Å²) in [6.07, 6.45) is 47.0. The number of carbonyl (C=O) groups excluding carboxylic acids is 2. The van der Waals surface area contributed by atoms with Crippen molar-refractivity contribution in [1.82, 2.24) is 0 Å². The normalized spacial score (nSPS) is 14.9. The van der Waals surface area contributed by atoms with E-state index < -0.39 is 32.5 Å². The molecule has 0 fully saturated rings. The van der Waals surface area contributed by atoms with Crippen LogP contribution in [0.3, 0.4) is 0 Å². The highest BCUT2D eigenvalue weighted by atomic mass is 31.2. The Morgan fingerprint density at radius 3 is 1.61 bits per heavy atom. The Bertz CT molecular complexity index is 1300. The second kappa shape index (κ2) is 39.3. The molecule has 0 spiro atoms. The molecule has 0 saturated heterocycles. The number of likely N-dealkylation sites (N-methyl/N-ethyl adjacent to an activating group) is 1. The summed E-state index contributed by atoms with van der Waals surface area (Å²) in [5, 5.41) is 9.57. The van der Waals surface area contributed by atoms with Crippen molar-refractivity contribution >= 4 is 19.8 Å². The highest BCUT2D eigenvalue weighted by Gasteiger charge is 2.21. The van der Waals surface area contributed by atoms with Crippen LogP contribution < -0.4 is 4.89 Å². The molecule has 0 amide bonds. The van der Waals surface area contributed by atoms with Gasteiger partial charge in [-0.1, -0.05) is 125 Å². The lowest BCUT2D eigenvalue weighted by Gasteiger charge is -2.28. The van der Waals surface area contributed by atoms with E-state index in [1.54, 1.807) is 0 Å². The van der Waals surface area contributed by atoms with Crippen LogP contribution in [0.2, 0.25) is 0 Å². The van der Waals surface area contributed by atoms with Crippen molar-refractivity contribution < 1.29 is 47.2 Å². The van der Waals surface area contributed by atoms with Gasteiger partial charge in [-0.3, -0.25) is 14.2 Å². The molecule has 338 valence electrons. The lowest BCUT2D eigenvalue weighted by Crippen LogP contribution is -2.37. The van der Waals surface area contributed by atoms with Gasteiger partial charge in [0.1, 0.15) is 19.8 Å². The minimum absolute atomic E-state index is 0.0544. The number of rotatable bonds is 39. The predicted molar refractivity (Wildman–Crippen MR) is 242 cm³/mol. The molecule has 59 heavy (non-hydrogen) atoms. The standard InChI is InChI=1S/C48H82NO9P/c1-6-8-9-10-11-12-13-14-15-16-17-22-25-28-31-34-37-40-48(52)58-46(44-57-59(53,54)56-42-41-49(3,4)5)43-55-47(51)39-36-33-30-27-24-21-19-18-20-23-26-29-32-35-38-45(50)7-2/h11-12,14-15,17,19-23,27,29-30,32,45-46,50H,6-10,13,16,18,24-26,28,31,33-44H2,1-5H3/b12-11-,15-14-,21-19-,22-17-,23-20-,30-27-,32-29-/t45-,46+/m0/s1. The van der Waals surface area contributed by atoms with E-state index in [1.807, 2.05) is 34.1 Å². The number of hydrogen-bond acceptors (Lipinski definition) is 9. The van der Waals surface area contributed by atoms with Gasteiger partial charge in [-0.25, -0.2) is 0 Å². The quantitative estimate of drug-likeness (QED) is 0.0211. The van der Waals surface area contributed by atoms with Crippen molar-refractivity contribution in [1.29, 1.82) is 0 Å². The number of nitrogens with zero attached hydrogens (tertiary/aromatic N) is 1. The second-order valence-corrected chi connectivity index (χ2v) is 17.3. The van der Waals surface area contributed by atoms with Crippen LogP contribution in [0.1, 0.15) is 149 Å². The number of carbonyl (C=O) groups is 2. The van der Waals surface area contributed by atoms with Crippen LogP contribution in [0.4, 0.5) is 0 Å². The maximum absolute atomic E-state index is 12.7. The van der Waals surface area contributed by atoms with E-state index in [9.17, 15) is 24.2 Å². The van der Waals surface area contributed by atoms with Crippen LogP contribution >= 0.6 is 7.82 Å². The number of phosphoric ester groups is 1. The van der Waals surface area contributed by atoms with Gasteiger partial charge in [0.15, 0.2) is 6.10 Å². The number of unbranched alkanes of at least 4 members (excludes halogenated alkanes) is 8. The molecule has 0 saturated carbocycles. The Labute approximate surface area is 359 Å². The van der Waals surface area contributed by atoms with Gasteiger partial charge in [-0.2, -0.15) is 0 Å². The van der Waals surface area contributed by atoms with Crippen molar-refractivity contribution in [3.8, 4) is 0 Å². The molecule has 10 nitrogen and oxygen atoms in total. The first-order valence-corrected chi connectivity index (χ1v) is 23.8. The molecule has 0 aliphatic carbocycles. The average Bonchev–Trinajstić information content (AvgIpc) is 3.19. The highest BCUT2D eigenvalue weighted by molar-refractivity contribution is 7.45. The van der Waals surface area contributed by atoms with E-state index in [0.717, 1.165) is 77.0 Å². The summed E-state index contributed by atoms with van der Waals surface area (Å²) >= 11 is 0. The Kier molecular flexibility index (Phi) is 37.4. The number of hydrogen-bond donors (Lipinski definition) is 1. The van der Waals surface area contributed by atoms with E-state index in [2.05, 4.69) is 85.9 Å². The molecule has 11 heteroatoms. The fourth-order valence-corrected chi connectivity index (χ4v) is 6.07. The summed E-state index contributed by atoms with van der Waals surface area (Å²) < 4.78 is 33.8. The average molecular weight is 848 g/mol. The Morgan fingerprint density at radius 2 is 1.08 bits per heavy atom. The summed E-state index contributed by atoms with van der Waals surface area (Å²) in [4.78, 5) is 37.5. The first kappa shape index (κ1) is 56.1. The molecule has 1 unspecified atom stereocenters. The van der Waals surface area contributed by atoms with Crippen molar-refractivity contribution in [2.45, 2.75) is 161 Å². The van der Waals surface area contributed by atoms with Gasteiger partial charge in [-0.15, -0.1) is 0 Å². The van der Waals surface area contributed by atoms with Crippen LogP contribution in [-0.2, 0) is 32.7 Å². The van der Waals surface area contributed by atoms with E-state index in [0.29, 0.717) is 30.3 Å². The Balaban J connectivity index is 4.52. The third-order valence-electron chi connectivity index (χ3n) is 9.05. The summed E-state index contributed by atoms with van der Waals surface area (Å²) in [5.74, 6) is -0.953. The molecule has 0 aromatic rings. The summed E-state index contributed by atoms with van der Waals surface area (Å²) in [7, 11) is 1.08. The third-order valence-corrected chi connectivity index (χ3v) is 10.0. The van der Waals surface area contributed by atoms with E-state index >= 15 is 0 Å². The fourth-order valence-electron chi connectivity index (χ4n) is 5.34. The van der Waals surface area contributed by atoms with E-state index in [-0.39, 0.29) is 32.2 Å². The number of quaternary nitrogens is 1. The van der Waals surface area contributed by atoms with Gasteiger partial charge >= 0.3 is 11.9 Å². The third kappa shape index (κ3) is 43.1. The molecule has 0 radical (unpaired) electrons. The molecule has 0 aliphatic rings. The second-order valence-electron chi connectivity index (χ2n) is 15.8. The lowest BCUT2D eigenvalue weighted by atomic mass is 10.1. The molecule has 1 N–H and O–H groups in total. The monoisotopic (exact) mass is 848 g/mol. The highest BCUT2D eigenvalue weighted by Crippen LogP contribution is 2.38. The van der Waals surface area contributed by atoms with E-state index in [1.165, 1.54) is 25.7 Å². The maximum Gasteiger partial charge on any atom is 0.306 e. The first-order valence-electron chi connectivity index (χ1n) is 22.4. The molecule has 3 atom stereocenters. The minimum atomic E-state index is -4.66. The molecular formula is C48H82NO9P. The van der Waals surface area contributed by atoms with Crippen LogP contribution in [-0.4, -0.2) is 81.2 Å². The number of allylic oxidation sites excluding steroid dienone is 14. The number of phosphoric acid groups is 1. The number of aliphatic hydroxyl groups excluding tert-OH is 1. The van der Waals surface area contributed by atoms with Crippen molar-refractivity contribution in [2.75, 3.05) is 47.5 Å². The smallest absolute Gasteiger partial charge is 0.306 e. The van der Waals surface area contributed by atoms with Crippen LogP contribution in [0.15, 0.2) is 85.1 Å². The molecular weight excluding hydrogens is 766 g/mol. The van der Waals surface area contributed by atoms with Gasteiger partial charge in [-0.05, 0) is 96.3 Å². The first-order chi connectivity index (χ1) is 28.4. The maximum atomic E-state index is 12.7. The molecule has 0 aromatic heterocycles. The van der Waals surface area contributed by atoms with Crippen LogP contribution in [0.25, 0.3) is 0 Å². The number of esters is 2. The zero-order valence-corrected chi connectivity index (χ0v) is 38.4.